The molecule has 1 aliphatic heterocycles. The lowest BCUT2D eigenvalue weighted by molar-refractivity contribution is 0.255. The molecule has 0 aromatic heterocycles. The second-order valence-electron chi connectivity index (χ2n) is 6.87. The van der Waals surface area contributed by atoms with Gasteiger partial charge in [0, 0.05) is 38.4 Å². The quantitative estimate of drug-likeness (QED) is 0.738. The first-order valence-corrected chi connectivity index (χ1v) is 10.7. The van der Waals surface area contributed by atoms with Gasteiger partial charge in [-0.1, -0.05) is 12.1 Å². The molecule has 0 spiro atoms. The molecule has 1 aliphatic rings. The summed E-state index contributed by atoms with van der Waals surface area (Å²) in [5.41, 5.74) is 1.97. The molecule has 0 radical (unpaired) electrons. The van der Waals surface area contributed by atoms with Crippen molar-refractivity contribution in [2.75, 3.05) is 44.2 Å². The van der Waals surface area contributed by atoms with Crippen LogP contribution in [-0.4, -0.2) is 52.6 Å². The Bertz CT molecular complexity index is 848. The maximum atomic E-state index is 13.0. The van der Waals surface area contributed by atoms with E-state index >= 15 is 0 Å². The molecule has 0 atom stereocenters. The fraction of sp³-hybridized carbons (Fsp3) is 0.400. The molecule has 1 heterocycles. The van der Waals surface area contributed by atoms with Crippen LogP contribution in [0.1, 0.15) is 12.0 Å². The van der Waals surface area contributed by atoms with E-state index < -0.39 is 10.0 Å². The summed E-state index contributed by atoms with van der Waals surface area (Å²) in [7, 11) is -3.44. The van der Waals surface area contributed by atoms with Crippen LogP contribution in [0.4, 0.5) is 10.1 Å². The van der Waals surface area contributed by atoms with Crippen molar-refractivity contribution in [1.29, 1.82) is 0 Å². The smallest absolute Gasteiger partial charge is 0.240 e. The fourth-order valence-corrected chi connectivity index (χ4v) is 4.44. The Labute approximate surface area is 160 Å². The van der Waals surface area contributed by atoms with Gasteiger partial charge in [-0.2, -0.15) is 0 Å². The minimum atomic E-state index is -3.44. The molecule has 1 N–H and O–H groups in total. The molecule has 0 bridgehead atoms. The molecule has 0 saturated carbocycles. The van der Waals surface area contributed by atoms with Gasteiger partial charge in [-0.15, -0.1) is 0 Å². The lowest BCUT2D eigenvalue weighted by atomic mass is 10.2. The van der Waals surface area contributed by atoms with E-state index in [1.165, 1.54) is 12.1 Å². The SMILES string of the molecule is Cc1cccc(S(=O)(=O)NCCCN2CCN(c3ccc(F)cc3)CC2)c1. The van der Waals surface area contributed by atoms with Crippen LogP contribution in [0.5, 0.6) is 0 Å². The van der Waals surface area contributed by atoms with Gasteiger partial charge in [-0.3, -0.25) is 4.90 Å². The zero-order valence-electron chi connectivity index (χ0n) is 15.6. The molecular formula is C20H26FN3O2S. The summed E-state index contributed by atoms with van der Waals surface area (Å²) >= 11 is 0. The fourth-order valence-electron chi connectivity index (χ4n) is 3.26. The van der Waals surface area contributed by atoms with Crippen LogP contribution in [0.2, 0.25) is 0 Å². The third-order valence-electron chi connectivity index (χ3n) is 4.81. The summed E-state index contributed by atoms with van der Waals surface area (Å²) in [5.74, 6) is -0.217. The third kappa shape index (κ3) is 5.51. The lowest BCUT2D eigenvalue weighted by Crippen LogP contribution is -2.47. The number of nitrogens with one attached hydrogen (secondary N) is 1. The molecule has 2 aromatic rings. The van der Waals surface area contributed by atoms with E-state index in [4.69, 9.17) is 0 Å². The Morgan fingerprint density at radius 1 is 1.04 bits per heavy atom. The van der Waals surface area contributed by atoms with E-state index in [1.54, 1.807) is 18.2 Å². The van der Waals surface area contributed by atoms with Crippen LogP contribution < -0.4 is 9.62 Å². The van der Waals surface area contributed by atoms with Crippen molar-refractivity contribution in [2.24, 2.45) is 0 Å². The van der Waals surface area contributed by atoms with Crippen molar-refractivity contribution in [3.8, 4) is 0 Å². The number of benzene rings is 2. The standard InChI is InChI=1S/C20H26FN3O2S/c1-17-4-2-5-20(16-17)27(25,26)22-10-3-11-23-12-14-24(15-13-23)19-8-6-18(21)7-9-19/h2,4-9,16,22H,3,10-15H2,1H3. The van der Waals surface area contributed by atoms with E-state index in [1.807, 2.05) is 25.1 Å². The van der Waals surface area contributed by atoms with Crippen LogP contribution in [-0.2, 0) is 10.0 Å². The minimum Gasteiger partial charge on any atom is -0.369 e. The second-order valence-corrected chi connectivity index (χ2v) is 8.64. The average Bonchev–Trinajstić information content (AvgIpc) is 2.66. The first-order valence-electron chi connectivity index (χ1n) is 9.23. The Kier molecular flexibility index (Phi) is 6.46. The van der Waals surface area contributed by atoms with Crippen LogP contribution in [0, 0.1) is 12.7 Å². The largest absolute Gasteiger partial charge is 0.369 e. The number of rotatable bonds is 7. The second kappa shape index (κ2) is 8.82. The maximum Gasteiger partial charge on any atom is 0.240 e. The van der Waals surface area contributed by atoms with Gasteiger partial charge in [0.1, 0.15) is 5.82 Å². The van der Waals surface area contributed by atoms with Gasteiger partial charge in [0.15, 0.2) is 0 Å². The Morgan fingerprint density at radius 2 is 1.74 bits per heavy atom. The zero-order valence-corrected chi connectivity index (χ0v) is 16.4. The molecule has 5 nitrogen and oxygen atoms in total. The molecule has 3 rings (SSSR count). The summed E-state index contributed by atoms with van der Waals surface area (Å²) in [6.07, 6.45) is 0.765. The predicted molar refractivity (Wildman–Crippen MR) is 106 cm³/mol. The van der Waals surface area contributed by atoms with Gasteiger partial charge < -0.3 is 4.90 Å². The Morgan fingerprint density at radius 3 is 2.41 bits per heavy atom. The molecular weight excluding hydrogens is 365 g/mol. The first kappa shape index (κ1) is 19.8. The van der Waals surface area contributed by atoms with Crippen molar-refractivity contribution in [3.05, 3.63) is 59.9 Å². The highest BCUT2D eigenvalue weighted by Crippen LogP contribution is 2.17. The number of sulfonamides is 1. The van der Waals surface area contributed by atoms with Crippen molar-refractivity contribution >= 4 is 15.7 Å². The molecule has 146 valence electrons. The Balaban J connectivity index is 1.40. The number of halogens is 1. The van der Waals surface area contributed by atoms with Crippen molar-refractivity contribution in [2.45, 2.75) is 18.2 Å². The summed E-state index contributed by atoms with van der Waals surface area (Å²) in [6, 6.07) is 13.5. The highest BCUT2D eigenvalue weighted by Gasteiger charge is 2.18. The van der Waals surface area contributed by atoms with Crippen LogP contribution >= 0.6 is 0 Å². The van der Waals surface area contributed by atoms with Gasteiger partial charge in [0.2, 0.25) is 10.0 Å². The number of hydrogen-bond acceptors (Lipinski definition) is 4. The van der Waals surface area contributed by atoms with E-state index in [0.29, 0.717) is 11.4 Å². The van der Waals surface area contributed by atoms with Gasteiger partial charge in [-0.05, 0) is 61.9 Å². The molecule has 7 heteroatoms. The molecule has 2 aromatic carbocycles. The van der Waals surface area contributed by atoms with Crippen LogP contribution in [0.15, 0.2) is 53.4 Å². The zero-order chi connectivity index (χ0) is 19.3. The summed E-state index contributed by atoms with van der Waals surface area (Å²) in [6.45, 7) is 6.78. The third-order valence-corrected chi connectivity index (χ3v) is 6.27. The molecule has 1 saturated heterocycles. The molecule has 1 fully saturated rings. The van der Waals surface area contributed by atoms with Crippen LogP contribution in [0.25, 0.3) is 0 Å². The van der Waals surface area contributed by atoms with Gasteiger partial charge in [0.25, 0.3) is 0 Å². The normalized spacial score (nSPS) is 15.9. The van der Waals surface area contributed by atoms with E-state index in [0.717, 1.165) is 50.4 Å². The summed E-state index contributed by atoms with van der Waals surface area (Å²) in [5, 5.41) is 0. The highest BCUT2D eigenvalue weighted by atomic mass is 32.2. The van der Waals surface area contributed by atoms with Gasteiger partial charge in [-0.25, -0.2) is 17.5 Å². The highest BCUT2D eigenvalue weighted by molar-refractivity contribution is 7.89. The topological polar surface area (TPSA) is 52.7 Å². The first-order chi connectivity index (χ1) is 12.9. The van der Waals surface area contributed by atoms with Crippen molar-refractivity contribution in [3.63, 3.8) is 0 Å². The number of anilines is 1. The van der Waals surface area contributed by atoms with E-state index in [-0.39, 0.29) is 5.82 Å². The molecule has 0 amide bonds. The van der Waals surface area contributed by atoms with Crippen LogP contribution in [0.3, 0.4) is 0 Å². The summed E-state index contributed by atoms with van der Waals surface area (Å²) < 4.78 is 40.3. The van der Waals surface area contributed by atoms with E-state index in [2.05, 4.69) is 14.5 Å². The van der Waals surface area contributed by atoms with Crippen molar-refractivity contribution in [1.82, 2.24) is 9.62 Å². The Hall–Kier alpha value is -1.96. The van der Waals surface area contributed by atoms with Crippen molar-refractivity contribution < 1.29 is 12.8 Å². The maximum absolute atomic E-state index is 13.0. The monoisotopic (exact) mass is 391 g/mol. The predicted octanol–water partition coefficient (Wildman–Crippen LogP) is 2.62. The number of aryl methyl sites for hydroxylation is 1. The molecule has 27 heavy (non-hydrogen) atoms. The van der Waals surface area contributed by atoms with Gasteiger partial charge >= 0.3 is 0 Å². The average molecular weight is 392 g/mol. The van der Waals surface area contributed by atoms with Gasteiger partial charge in [0.05, 0.1) is 4.90 Å². The molecule has 0 aliphatic carbocycles. The summed E-state index contributed by atoms with van der Waals surface area (Å²) in [4.78, 5) is 4.90. The lowest BCUT2D eigenvalue weighted by Gasteiger charge is -2.36. The van der Waals surface area contributed by atoms with E-state index in [9.17, 15) is 12.8 Å². The molecule has 0 unspecified atom stereocenters. The number of nitrogens with zero attached hydrogens (tertiary/aromatic N) is 2. The number of hydrogen-bond donors (Lipinski definition) is 1. The number of piperazine rings is 1. The minimum absolute atomic E-state index is 0.217.